The Morgan fingerprint density at radius 3 is 2.67 bits per heavy atom. The molecule has 6 heavy (non-hydrogen) atoms. The van der Waals surface area contributed by atoms with Crippen LogP contribution in [0.2, 0.25) is 0 Å². The predicted octanol–water partition coefficient (Wildman–Crippen LogP) is 0.0354. The Hall–Kier alpha value is -0.860. The van der Waals surface area contributed by atoms with Crippen molar-refractivity contribution < 1.29 is 10.0 Å². The Morgan fingerprint density at radius 2 is 2.50 bits per heavy atom. The molecule has 0 heterocycles. The van der Waals surface area contributed by atoms with E-state index in [9.17, 15) is 4.79 Å². The third-order valence-electron chi connectivity index (χ3n) is 0.283. The first-order valence-electron chi connectivity index (χ1n) is 1.51. The van der Waals surface area contributed by atoms with E-state index >= 15 is 0 Å². The molecular formula is C3H5NO2. The summed E-state index contributed by atoms with van der Waals surface area (Å²) < 4.78 is 0. The van der Waals surface area contributed by atoms with Crippen molar-refractivity contribution in [2.45, 2.75) is 6.42 Å². The summed E-state index contributed by atoms with van der Waals surface area (Å²) in [4.78, 5) is 9.36. The lowest BCUT2D eigenvalue weighted by molar-refractivity contribution is -0.106. The fourth-order valence-electron chi connectivity index (χ4n) is 0.0902. The second-order valence-corrected chi connectivity index (χ2v) is 0.700. The number of hydrogen-bond donors (Lipinski definition) is 1. The Kier molecular flexibility index (Phi) is 3.55. The van der Waals surface area contributed by atoms with Gasteiger partial charge in [0.25, 0.3) is 0 Å². The van der Waals surface area contributed by atoms with Gasteiger partial charge in [-0.3, -0.25) is 0 Å². The normalized spacial score (nSPS) is 9.33. The van der Waals surface area contributed by atoms with Gasteiger partial charge < -0.3 is 10.0 Å². The number of carbonyl (C=O) groups is 1. The molecule has 34 valence electrons. The molecule has 0 saturated heterocycles. The number of nitrogens with zero attached hydrogens (tertiary/aromatic N) is 1. The van der Waals surface area contributed by atoms with Crippen LogP contribution >= 0.6 is 0 Å². The molecule has 0 aliphatic rings. The Labute approximate surface area is 35.3 Å². The number of rotatable bonds is 2. The van der Waals surface area contributed by atoms with Crippen LogP contribution in [0, 0.1) is 0 Å². The summed E-state index contributed by atoms with van der Waals surface area (Å²) >= 11 is 0. The van der Waals surface area contributed by atoms with E-state index in [0.717, 1.165) is 6.21 Å². The van der Waals surface area contributed by atoms with Gasteiger partial charge in [-0.2, -0.15) is 0 Å². The minimum atomic E-state index is 0.191. The smallest absolute Gasteiger partial charge is 0.125 e. The molecule has 0 atom stereocenters. The summed E-state index contributed by atoms with van der Waals surface area (Å²) in [5.41, 5.74) is 0. The van der Waals surface area contributed by atoms with Crippen LogP contribution in [-0.2, 0) is 4.79 Å². The SMILES string of the molecule is O=CC/C=N/O. The van der Waals surface area contributed by atoms with E-state index in [1.54, 1.807) is 0 Å². The summed E-state index contributed by atoms with van der Waals surface area (Å²) in [6.45, 7) is 0. The summed E-state index contributed by atoms with van der Waals surface area (Å²) in [5.74, 6) is 0. The Morgan fingerprint density at radius 1 is 1.83 bits per heavy atom. The van der Waals surface area contributed by atoms with E-state index in [4.69, 9.17) is 5.21 Å². The second-order valence-electron chi connectivity index (χ2n) is 0.700. The van der Waals surface area contributed by atoms with Crippen LogP contribution in [0.3, 0.4) is 0 Å². The molecular weight excluding hydrogens is 82.0 g/mol. The van der Waals surface area contributed by atoms with Crippen molar-refractivity contribution in [3.63, 3.8) is 0 Å². The van der Waals surface area contributed by atoms with Gasteiger partial charge in [-0.1, -0.05) is 0 Å². The van der Waals surface area contributed by atoms with Gasteiger partial charge in [0.1, 0.15) is 6.29 Å². The molecule has 0 amide bonds. The molecule has 0 aliphatic carbocycles. The molecule has 0 aromatic carbocycles. The van der Waals surface area contributed by atoms with E-state index < -0.39 is 0 Å². The number of oxime groups is 1. The number of hydrogen-bond acceptors (Lipinski definition) is 3. The van der Waals surface area contributed by atoms with Crippen LogP contribution in [0.1, 0.15) is 6.42 Å². The maximum Gasteiger partial charge on any atom is 0.125 e. The lowest BCUT2D eigenvalue weighted by Gasteiger charge is -1.65. The minimum absolute atomic E-state index is 0.191. The van der Waals surface area contributed by atoms with Gasteiger partial charge in [0, 0.05) is 6.42 Å². The third-order valence-corrected chi connectivity index (χ3v) is 0.283. The number of carbonyl (C=O) groups excluding carboxylic acids is 1. The third kappa shape index (κ3) is 3.14. The van der Waals surface area contributed by atoms with Gasteiger partial charge in [-0.05, 0) is 0 Å². The lowest BCUT2D eigenvalue weighted by atomic mass is 10.5. The molecule has 0 aromatic rings. The second kappa shape index (κ2) is 4.14. The average molecular weight is 87.1 g/mol. The van der Waals surface area contributed by atoms with Crippen LogP contribution < -0.4 is 0 Å². The van der Waals surface area contributed by atoms with E-state index in [-0.39, 0.29) is 6.42 Å². The molecule has 0 spiro atoms. The quantitative estimate of drug-likeness (QED) is 0.223. The van der Waals surface area contributed by atoms with E-state index in [2.05, 4.69) is 5.16 Å². The van der Waals surface area contributed by atoms with E-state index in [1.165, 1.54) is 0 Å². The summed E-state index contributed by atoms with van der Waals surface area (Å²) in [5, 5.41) is 10.2. The molecule has 0 aromatic heterocycles. The zero-order chi connectivity index (χ0) is 4.83. The molecule has 0 unspecified atom stereocenters. The predicted molar refractivity (Wildman–Crippen MR) is 21.0 cm³/mol. The van der Waals surface area contributed by atoms with E-state index in [1.807, 2.05) is 0 Å². The van der Waals surface area contributed by atoms with Crippen LogP contribution in [0.25, 0.3) is 0 Å². The molecule has 1 N–H and O–H groups in total. The lowest BCUT2D eigenvalue weighted by Crippen LogP contribution is -1.72. The van der Waals surface area contributed by atoms with Crippen molar-refractivity contribution in [2.24, 2.45) is 5.16 Å². The highest BCUT2D eigenvalue weighted by molar-refractivity contribution is 5.75. The topological polar surface area (TPSA) is 49.7 Å². The zero-order valence-corrected chi connectivity index (χ0v) is 3.16. The summed E-state index contributed by atoms with van der Waals surface area (Å²) in [6, 6.07) is 0. The molecule has 3 heteroatoms. The highest BCUT2D eigenvalue weighted by Gasteiger charge is 1.66. The molecule has 0 fully saturated rings. The molecule has 0 saturated carbocycles. The molecule has 0 aliphatic heterocycles. The van der Waals surface area contributed by atoms with Gasteiger partial charge in [0.2, 0.25) is 0 Å². The molecule has 3 nitrogen and oxygen atoms in total. The van der Waals surface area contributed by atoms with Crippen LogP contribution in [0.15, 0.2) is 5.16 Å². The van der Waals surface area contributed by atoms with Crippen LogP contribution in [-0.4, -0.2) is 17.7 Å². The summed E-state index contributed by atoms with van der Waals surface area (Å²) in [6.07, 6.45) is 1.96. The maximum atomic E-state index is 9.36. The van der Waals surface area contributed by atoms with Gasteiger partial charge in [0.15, 0.2) is 0 Å². The maximum absolute atomic E-state index is 9.36. The largest absolute Gasteiger partial charge is 0.411 e. The Bertz CT molecular complexity index is 59.8. The molecule has 0 bridgehead atoms. The highest BCUT2D eigenvalue weighted by Crippen LogP contribution is 1.58. The van der Waals surface area contributed by atoms with Crippen LogP contribution in [0.5, 0.6) is 0 Å². The van der Waals surface area contributed by atoms with Crippen molar-refractivity contribution >= 4 is 12.5 Å². The Balaban J connectivity index is 2.85. The fourth-order valence-corrected chi connectivity index (χ4v) is 0.0902. The van der Waals surface area contributed by atoms with Crippen molar-refractivity contribution in [1.29, 1.82) is 0 Å². The molecule has 0 rings (SSSR count). The van der Waals surface area contributed by atoms with Crippen molar-refractivity contribution in [3.05, 3.63) is 0 Å². The van der Waals surface area contributed by atoms with Crippen molar-refractivity contribution in [3.8, 4) is 0 Å². The standard InChI is InChI=1S/C3H5NO2/c5-3-1-2-4-6/h2-3,6H,1H2/b4-2+. The highest BCUT2D eigenvalue weighted by atomic mass is 16.4. The fraction of sp³-hybridized carbons (Fsp3) is 0.333. The van der Waals surface area contributed by atoms with Gasteiger partial charge >= 0.3 is 0 Å². The molecule has 0 radical (unpaired) electrons. The first-order valence-corrected chi connectivity index (χ1v) is 1.51. The average Bonchev–Trinajstić information content (AvgIpc) is 1.61. The number of aldehydes is 1. The first kappa shape index (κ1) is 5.14. The van der Waals surface area contributed by atoms with Crippen molar-refractivity contribution in [1.82, 2.24) is 0 Å². The first-order chi connectivity index (χ1) is 2.91. The van der Waals surface area contributed by atoms with Gasteiger partial charge in [-0.15, -0.1) is 5.16 Å². The minimum Gasteiger partial charge on any atom is -0.411 e. The zero-order valence-electron chi connectivity index (χ0n) is 3.16. The van der Waals surface area contributed by atoms with Crippen molar-refractivity contribution in [2.75, 3.05) is 0 Å². The van der Waals surface area contributed by atoms with Crippen LogP contribution in [0.4, 0.5) is 0 Å². The van der Waals surface area contributed by atoms with Gasteiger partial charge in [0.05, 0.1) is 6.21 Å². The monoisotopic (exact) mass is 87.0 g/mol. The van der Waals surface area contributed by atoms with Gasteiger partial charge in [-0.25, -0.2) is 0 Å². The summed E-state index contributed by atoms with van der Waals surface area (Å²) in [7, 11) is 0. The van der Waals surface area contributed by atoms with E-state index in [0.29, 0.717) is 6.29 Å².